The van der Waals surface area contributed by atoms with Crippen molar-refractivity contribution >= 4 is 10.0 Å². The Morgan fingerprint density at radius 1 is 1.20 bits per heavy atom. The first-order chi connectivity index (χ1) is 9.40. The van der Waals surface area contributed by atoms with Crippen LogP contribution in [0.5, 0.6) is 0 Å². The molecule has 0 radical (unpaired) electrons. The Morgan fingerprint density at radius 2 is 1.75 bits per heavy atom. The van der Waals surface area contributed by atoms with E-state index < -0.39 is 10.0 Å². The van der Waals surface area contributed by atoms with Gasteiger partial charge in [0.25, 0.3) is 0 Å². The number of nitrogens with zero attached hydrogens (tertiary/aromatic N) is 1. The van der Waals surface area contributed by atoms with Gasteiger partial charge in [-0.3, -0.25) is 0 Å². The van der Waals surface area contributed by atoms with Crippen molar-refractivity contribution in [2.75, 3.05) is 13.2 Å². The molecule has 0 atom stereocenters. The van der Waals surface area contributed by atoms with Crippen LogP contribution in [0.4, 0.5) is 0 Å². The van der Waals surface area contributed by atoms with Gasteiger partial charge in [0.05, 0.1) is 5.75 Å². The maximum atomic E-state index is 12.4. The van der Waals surface area contributed by atoms with Gasteiger partial charge in [-0.2, -0.15) is 4.31 Å². The van der Waals surface area contributed by atoms with Crippen LogP contribution in [-0.2, 0) is 22.3 Å². The summed E-state index contributed by atoms with van der Waals surface area (Å²) in [5, 5.41) is 8.88. The Morgan fingerprint density at radius 3 is 2.20 bits per heavy atom. The molecular formula is C14H24N2O3S. The normalized spacial score (nSPS) is 12.3. The van der Waals surface area contributed by atoms with Gasteiger partial charge in [0.1, 0.15) is 0 Å². The molecule has 0 unspecified atom stereocenters. The van der Waals surface area contributed by atoms with Crippen molar-refractivity contribution in [3.63, 3.8) is 0 Å². The molecule has 114 valence electrons. The largest absolute Gasteiger partial charge is 0.396 e. The summed E-state index contributed by atoms with van der Waals surface area (Å²) in [6.45, 7) is 4.46. The molecule has 0 aliphatic carbocycles. The van der Waals surface area contributed by atoms with Gasteiger partial charge in [-0.15, -0.1) is 0 Å². The summed E-state index contributed by atoms with van der Waals surface area (Å²) < 4.78 is 26.3. The SMILES string of the molecule is CC(C)N(CCCO)S(=O)(=O)Cc1ccc(CN)cc1. The van der Waals surface area contributed by atoms with Crippen LogP contribution in [0.25, 0.3) is 0 Å². The molecular weight excluding hydrogens is 276 g/mol. The zero-order valence-corrected chi connectivity index (χ0v) is 12.9. The molecule has 1 aromatic carbocycles. The highest BCUT2D eigenvalue weighted by Crippen LogP contribution is 2.15. The van der Waals surface area contributed by atoms with Crippen LogP contribution in [0.2, 0.25) is 0 Å². The lowest BCUT2D eigenvalue weighted by Crippen LogP contribution is -2.38. The number of benzene rings is 1. The van der Waals surface area contributed by atoms with E-state index in [9.17, 15) is 8.42 Å². The minimum atomic E-state index is -3.38. The summed E-state index contributed by atoms with van der Waals surface area (Å²) in [6.07, 6.45) is 0.448. The minimum Gasteiger partial charge on any atom is -0.396 e. The quantitative estimate of drug-likeness (QED) is 0.752. The summed E-state index contributed by atoms with van der Waals surface area (Å²) in [5.41, 5.74) is 7.25. The number of sulfonamides is 1. The molecule has 5 nitrogen and oxygen atoms in total. The van der Waals surface area contributed by atoms with Crippen LogP contribution in [0, 0.1) is 0 Å². The summed E-state index contributed by atoms with van der Waals surface area (Å²) in [4.78, 5) is 0. The van der Waals surface area contributed by atoms with Gasteiger partial charge in [0.15, 0.2) is 0 Å². The third-order valence-electron chi connectivity index (χ3n) is 3.08. The van der Waals surface area contributed by atoms with E-state index in [1.54, 1.807) is 12.1 Å². The van der Waals surface area contributed by atoms with E-state index >= 15 is 0 Å². The molecule has 0 aliphatic rings. The van der Waals surface area contributed by atoms with Crippen molar-refractivity contribution in [1.29, 1.82) is 0 Å². The molecule has 0 aliphatic heterocycles. The number of hydrogen-bond donors (Lipinski definition) is 2. The summed E-state index contributed by atoms with van der Waals surface area (Å²) in [6, 6.07) is 7.17. The Balaban J connectivity index is 2.84. The smallest absolute Gasteiger partial charge is 0.218 e. The van der Waals surface area contributed by atoms with Crippen LogP contribution in [-0.4, -0.2) is 37.0 Å². The molecule has 0 heterocycles. The number of aliphatic hydroxyl groups excluding tert-OH is 1. The first-order valence-corrected chi connectivity index (χ1v) is 8.40. The first kappa shape index (κ1) is 17.1. The predicted molar refractivity (Wildman–Crippen MR) is 80.5 cm³/mol. The minimum absolute atomic E-state index is 0.00998. The number of nitrogens with two attached hydrogens (primary N) is 1. The van der Waals surface area contributed by atoms with E-state index in [4.69, 9.17) is 10.8 Å². The second-order valence-corrected chi connectivity index (χ2v) is 6.98. The molecule has 1 aromatic rings. The molecule has 1 rings (SSSR count). The average molecular weight is 300 g/mol. The highest BCUT2D eigenvalue weighted by Gasteiger charge is 2.24. The zero-order valence-electron chi connectivity index (χ0n) is 12.1. The molecule has 0 spiro atoms. The lowest BCUT2D eigenvalue weighted by molar-refractivity contribution is 0.258. The highest BCUT2D eigenvalue weighted by molar-refractivity contribution is 7.88. The van der Waals surface area contributed by atoms with Crippen molar-refractivity contribution in [3.8, 4) is 0 Å². The van der Waals surface area contributed by atoms with Gasteiger partial charge in [-0.25, -0.2) is 8.42 Å². The van der Waals surface area contributed by atoms with Crippen LogP contribution in [0.3, 0.4) is 0 Å². The van der Waals surface area contributed by atoms with E-state index in [-0.39, 0.29) is 18.4 Å². The van der Waals surface area contributed by atoms with Crippen LogP contribution >= 0.6 is 0 Å². The van der Waals surface area contributed by atoms with Gasteiger partial charge in [0, 0.05) is 25.7 Å². The number of rotatable bonds is 8. The topological polar surface area (TPSA) is 83.6 Å². The lowest BCUT2D eigenvalue weighted by atomic mass is 10.1. The van der Waals surface area contributed by atoms with Crippen LogP contribution in [0.15, 0.2) is 24.3 Å². The molecule has 20 heavy (non-hydrogen) atoms. The Labute approximate surface area is 121 Å². The molecule has 0 amide bonds. The summed E-state index contributed by atoms with van der Waals surface area (Å²) in [5.74, 6) is -0.0263. The van der Waals surface area contributed by atoms with E-state index in [0.29, 0.717) is 19.5 Å². The van der Waals surface area contributed by atoms with Crippen LogP contribution in [0.1, 0.15) is 31.4 Å². The summed E-state index contributed by atoms with van der Waals surface area (Å²) >= 11 is 0. The van der Waals surface area contributed by atoms with Crippen molar-refractivity contribution in [1.82, 2.24) is 4.31 Å². The molecule has 3 N–H and O–H groups in total. The maximum absolute atomic E-state index is 12.4. The van der Waals surface area contributed by atoms with Gasteiger partial charge in [-0.05, 0) is 31.4 Å². The standard InChI is InChI=1S/C14H24N2O3S/c1-12(2)16(8-3-9-17)20(18,19)11-14-6-4-13(10-15)5-7-14/h4-7,12,17H,3,8-11,15H2,1-2H3. The highest BCUT2D eigenvalue weighted by atomic mass is 32.2. The third-order valence-corrected chi connectivity index (χ3v) is 5.09. The van der Waals surface area contributed by atoms with Gasteiger partial charge < -0.3 is 10.8 Å². The van der Waals surface area contributed by atoms with Crippen molar-refractivity contribution in [2.24, 2.45) is 5.73 Å². The Hall–Kier alpha value is -0.950. The van der Waals surface area contributed by atoms with Crippen LogP contribution < -0.4 is 5.73 Å². The van der Waals surface area contributed by atoms with E-state index in [0.717, 1.165) is 11.1 Å². The molecule has 0 saturated carbocycles. The van der Waals surface area contributed by atoms with E-state index in [1.165, 1.54) is 4.31 Å². The lowest BCUT2D eigenvalue weighted by Gasteiger charge is -2.25. The third kappa shape index (κ3) is 4.86. The zero-order chi connectivity index (χ0) is 15.2. The van der Waals surface area contributed by atoms with E-state index in [1.807, 2.05) is 26.0 Å². The fourth-order valence-electron chi connectivity index (χ4n) is 2.01. The fraction of sp³-hybridized carbons (Fsp3) is 0.571. The maximum Gasteiger partial charge on any atom is 0.218 e. The fourth-order valence-corrected chi connectivity index (χ4v) is 3.84. The van der Waals surface area contributed by atoms with E-state index in [2.05, 4.69) is 0 Å². The van der Waals surface area contributed by atoms with Crippen molar-refractivity contribution in [2.45, 2.75) is 38.6 Å². The van der Waals surface area contributed by atoms with Gasteiger partial charge in [0.2, 0.25) is 10.0 Å². The molecule has 0 aromatic heterocycles. The monoisotopic (exact) mass is 300 g/mol. The second kappa shape index (κ2) is 7.73. The number of hydrogen-bond acceptors (Lipinski definition) is 4. The number of aliphatic hydroxyl groups is 1. The Bertz CT molecular complexity index is 498. The predicted octanol–water partition coefficient (Wildman–Crippen LogP) is 1.07. The van der Waals surface area contributed by atoms with Gasteiger partial charge in [-0.1, -0.05) is 24.3 Å². The molecule has 6 heteroatoms. The Kier molecular flexibility index (Phi) is 6.61. The van der Waals surface area contributed by atoms with Crippen molar-refractivity contribution in [3.05, 3.63) is 35.4 Å². The average Bonchev–Trinajstić information content (AvgIpc) is 2.39. The summed E-state index contributed by atoms with van der Waals surface area (Å²) in [7, 11) is -3.38. The van der Waals surface area contributed by atoms with Gasteiger partial charge >= 0.3 is 0 Å². The molecule has 0 bridgehead atoms. The molecule has 0 fully saturated rings. The molecule has 0 saturated heterocycles. The second-order valence-electron chi connectivity index (χ2n) is 5.06. The first-order valence-electron chi connectivity index (χ1n) is 6.79. The van der Waals surface area contributed by atoms with Crippen molar-refractivity contribution < 1.29 is 13.5 Å².